The minimum atomic E-state index is 0.271. The Morgan fingerprint density at radius 3 is 3.08 bits per heavy atom. The number of nitrogen functional groups attached to an aromatic ring is 1. The topological polar surface area (TPSA) is 53.7 Å². The van der Waals surface area contributed by atoms with Crippen molar-refractivity contribution >= 4 is 5.69 Å². The minimum Gasteiger partial charge on any atom is -0.493 e. The summed E-state index contributed by atoms with van der Waals surface area (Å²) in [6, 6.07) is 3.57. The molecule has 1 aromatic rings. The van der Waals surface area contributed by atoms with Crippen molar-refractivity contribution in [1.82, 2.24) is 0 Å². The number of nitrogens with two attached hydrogens (primary N) is 1. The van der Waals surface area contributed by atoms with Crippen molar-refractivity contribution in [3.63, 3.8) is 0 Å². The van der Waals surface area contributed by atoms with Crippen molar-refractivity contribution in [2.75, 3.05) is 19.6 Å². The van der Waals surface area contributed by atoms with Crippen LogP contribution in [0.4, 0.5) is 5.69 Å². The third kappa shape index (κ3) is 1.40. The van der Waals surface area contributed by atoms with Crippen LogP contribution in [0.15, 0.2) is 12.1 Å². The van der Waals surface area contributed by atoms with Gasteiger partial charge >= 0.3 is 0 Å². The number of rotatable bonds is 1. The summed E-state index contributed by atoms with van der Waals surface area (Å²) in [5.74, 6) is 1.40. The molecule has 13 heavy (non-hydrogen) atoms. The van der Waals surface area contributed by atoms with Crippen molar-refractivity contribution in [2.24, 2.45) is 0 Å². The molecule has 0 saturated heterocycles. The third-order valence-electron chi connectivity index (χ3n) is 1.92. The maximum Gasteiger partial charge on any atom is 0.189 e. The number of fused-ring (bicyclic) bond motifs is 1. The Balaban J connectivity index is 2.50. The summed E-state index contributed by atoms with van der Waals surface area (Å²) in [7, 11) is 1.59. The van der Waals surface area contributed by atoms with Crippen molar-refractivity contribution in [3.8, 4) is 11.5 Å². The van der Waals surface area contributed by atoms with Gasteiger partial charge in [-0.15, -0.1) is 0 Å². The molecular formula is C9H11NO3. The van der Waals surface area contributed by atoms with Crippen LogP contribution in [0.5, 0.6) is 11.5 Å². The van der Waals surface area contributed by atoms with E-state index in [0.717, 1.165) is 11.3 Å². The van der Waals surface area contributed by atoms with Crippen LogP contribution in [0.1, 0.15) is 5.56 Å². The second-order valence-electron chi connectivity index (χ2n) is 2.82. The smallest absolute Gasteiger partial charge is 0.189 e. The molecule has 1 aliphatic heterocycles. The van der Waals surface area contributed by atoms with E-state index in [4.69, 9.17) is 19.9 Å². The van der Waals surface area contributed by atoms with E-state index in [1.165, 1.54) is 0 Å². The number of methoxy groups -OCH3 is 1. The normalized spacial score (nSPS) is 14.5. The zero-order valence-electron chi connectivity index (χ0n) is 7.37. The van der Waals surface area contributed by atoms with E-state index >= 15 is 0 Å². The summed E-state index contributed by atoms with van der Waals surface area (Å²) < 4.78 is 15.5. The lowest BCUT2D eigenvalue weighted by Gasteiger charge is -2.20. The van der Waals surface area contributed by atoms with Crippen LogP contribution in [0.25, 0.3) is 0 Å². The van der Waals surface area contributed by atoms with Gasteiger partial charge in [0.25, 0.3) is 0 Å². The molecule has 0 aliphatic carbocycles. The van der Waals surface area contributed by atoms with Crippen LogP contribution in [-0.2, 0) is 11.3 Å². The van der Waals surface area contributed by atoms with E-state index in [1.807, 2.05) is 6.07 Å². The van der Waals surface area contributed by atoms with E-state index in [2.05, 4.69) is 0 Å². The van der Waals surface area contributed by atoms with Crippen molar-refractivity contribution in [2.45, 2.75) is 6.61 Å². The fourth-order valence-electron chi connectivity index (χ4n) is 1.36. The number of hydrogen-bond donors (Lipinski definition) is 1. The van der Waals surface area contributed by atoms with Gasteiger partial charge in [-0.2, -0.15) is 0 Å². The third-order valence-corrected chi connectivity index (χ3v) is 1.92. The molecule has 4 heteroatoms. The van der Waals surface area contributed by atoms with Gasteiger partial charge in [-0.05, 0) is 6.07 Å². The van der Waals surface area contributed by atoms with Gasteiger partial charge in [-0.3, -0.25) is 0 Å². The Labute approximate surface area is 76.2 Å². The van der Waals surface area contributed by atoms with Crippen LogP contribution in [0, 0.1) is 0 Å². The predicted molar refractivity (Wildman–Crippen MR) is 47.7 cm³/mol. The van der Waals surface area contributed by atoms with E-state index in [9.17, 15) is 0 Å². The lowest BCUT2D eigenvalue weighted by Crippen LogP contribution is -2.12. The minimum absolute atomic E-state index is 0.271. The van der Waals surface area contributed by atoms with E-state index in [-0.39, 0.29) is 6.79 Å². The lowest BCUT2D eigenvalue weighted by atomic mass is 10.1. The maximum absolute atomic E-state index is 5.67. The highest BCUT2D eigenvalue weighted by molar-refractivity contribution is 5.57. The zero-order chi connectivity index (χ0) is 9.26. The maximum atomic E-state index is 5.67. The first-order valence-electron chi connectivity index (χ1n) is 3.98. The lowest BCUT2D eigenvalue weighted by molar-refractivity contribution is -0.0179. The highest BCUT2D eigenvalue weighted by Crippen LogP contribution is 2.36. The van der Waals surface area contributed by atoms with Crippen molar-refractivity contribution in [3.05, 3.63) is 17.7 Å². The summed E-state index contributed by atoms with van der Waals surface area (Å²) in [5, 5.41) is 0. The SMILES string of the molecule is COc1cc(N)cc2c1OCOC2. The molecule has 0 bridgehead atoms. The summed E-state index contributed by atoms with van der Waals surface area (Å²) in [4.78, 5) is 0. The number of benzene rings is 1. The first-order chi connectivity index (χ1) is 6.31. The molecule has 0 radical (unpaired) electrons. The monoisotopic (exact) mass is 181 g/mol. The largest absolute Gasteiger partial charge is 0.493 e. The first-order valence-corrected chi connectivity index (χ1v) is 3.98. The molecule has 2 N–H and O–H groups in total. The molecular weight excluding hydrogens is 170 g/mol. The van der Waals surface area contributed by atoms with Gasteiger partial charge in [0, 0.05) is 17.3 Å². The van der Waals surface area contributed by atoms with Gasteiger partial charge in [0.15, 0.2) is 18.3 Å². The zero-order valence-corrected chi connectivity index (χ0v) is 7.37. The Morgan fingerprint density at radius 2 is 2.31 bits per heavy atom. The first kappa shape index (κ1) is 8.19. The van der Waals surface area contributed by atoms with Gasteiger partial charge in [0.2, 0.25) is 0 Å². The molecule has 1 aromatic carbocycles. The summed E-state index contributed by atoms with van der Waals surface area (Å²) in [6.45, 7) is 0.796. The predicted octanol–water partition coefficient (Wildman–Crippen LogP) is 1.14. The van der Waals surface area contributed by atoms with Crippen LogP contribution in [-0.4, -0.2) is 13.9 Å². The molecule has 70 valence electrons. The molecule has 0 aromatic heterocycles. The average molecular weight is 181 g/mol. The highest BCUT2D eigenvalue weighted by Gasteiger charge is 2.16. The van der Waals surface area contributed by atoms with E-state index in [0.29, 0.717) is 18.0 Å². The van der Waals surface area contributed by atoms with Gasteiger partial charge < -0.3 is 19.9 Å². The summed E-state index contributed by atoms with van der Waals surface area (Å²) in [6.07, 6.45) is 0. The highest BCUT2D eigenvalue weighted by atomic mass is 16.7. The number of hydrogen-bond acceptors (Lipinski definition) is 4. The molecule has 1 aliphatic rings. The Bertz CT molecular complexity index is 308. The molecule has 0 amide bonds. The van der Waals surface area contributed by atoms with Gasteiger partial charge in [0.05, 0.1) is 13.7 Å². The number of anilines is 1. The average Bonchev–Trinajstić information content (AvgIpc) is 2.16. The quantitative estimate of drug-likeness (QED) is 0.660. The van der Waals surface area contributed by atoms with Crippen molar-refractivity contribution < 1.29 is 14.2 Å². The Hall–Kier alpha value is -1.42. The Kier molecular flexibility index (Phi) is 1.98. The van der Waals surface area contributed by atoms with Gasteiger partial charge in [-0.1, -0.05) is 0 Å². The Morgan fingerprint density at radius 1 is 1.46 bits per heavy atom. The van der Waals surface area contributed by atoms with Crippen LogP contribution in [0.3, 0.4) is 0 Å². The van der Waals surface area contributed by atoms with Crippen LogP contribution in [0.2, 0.25) is 0 Å². The second kappa shape index (κ2) is 3.14. The van der Waals surface area contributed by atoms with E-state index in [1.54, 1.807) is 13.2 Å². The van der Waals surface area contributed by atoms with Crippen molar-refractivity contribution in [1.29, 1.82) is 0 Å². The van der Waals surface area contributed by atoms with Gasteiger partial charge in [0.1, 0.15) is 0 Å². The second-order valence-corrected chi connectivity index (χ2v) is 2.82. The molecule has 2 rings (SSSR count). The molecule has 0 unspecified atom stereocenters. The van der Waals surface area contributed by atoms with Crippen LogP contribution >= 0.6 is 0 Å². The summed E-state index contributed by atoms with van der Waals surface area (Å²) >= 11 is 0. The summed E-state index contributed by atoms with van der Waals surface area (Å²) in [5.41, 5.74) is 7.26. The molecule has 0 atom stereocenters. The molecule has 4 nitrogen and oxygen atoms in total. The molecule has 0 spiro atoms. The molecule has 1 heterocycles. The number of ether oxygens (including phenoxy) is 3. The van der Waals surface area contributed by atoms with E-state index < -0.39 is 0 Å². The standard InChI is InChI=1S/C9H11NO3/c1-11-8-3-7(10)2-6-4-12-5-13-9(6)8/h2-3H,4-5,10H2,1H3. The fourth-order valence-corrected chi connectivity index (χ4v) is 1.36. The van der Waals surface area contributed by atoms with Gasteiger partial charge in [-0.25, -0.2) is 0 Å². The van der Waals surface area contributed by atoms with Crippen LogP contribution < -0.4 is 15.2 Å². The molecule has 0 saturated carbocycles. The fraction of sp³-hybridized carbons (Fsp3) is 0.333. The molecule has 0 fully saturated rings.